The summed E-state index contributed by atoms with van der Waals surface area (Å²) in [5.74, 6) is 6.39. The molecule has 2 N–H and O–H groups in total. The molecule has 4 aliphatic carbocycles. The smallest absolute Gasteiger partial charge is 0.00755 e. The molecule has 0 amide bonds. The monoisotopic (exact) mass is 205 g/mol. The molecule has 5 atom stereocenters. The average molecular weight is 205 g/mol. The fourth-order valence-electron chi connectivity index (χ4n) is 5.24. The summed E-state index contributed by atoms with van der Waals surface area (Å²) in [6.07, 6.45) is 10.4. The Balaban J connectivity index is 1.39. The van der Waals surface area contributed by atoms with Crippen LogP contribution in [0.3, 0.4) is 0 Å². The van der Waals surface area contributed by atoms with Gasteiger partial charge in [0, 0.05) is 6.04 Å². The van der Waals surface area contributed by atoms with E-state index in [0.29, 0.717) is 6.04 Å². The highest BCUT2D eigenvalue weighted by Crippen LogP contribution is 2.70. The number of hydrogen-bond donors (Lipinski definition) is 1. The molecule has 5 unspecified atom stereocenters. The minimum absolute atomic E-state index is 0.577. The summed E-state index contributed by atoms with van der Waals surface area (Å²) in [6, 6.07) is 0.577. The van der Waals surface area contributed by atoms with Crippen molar-refractivity contribution in [2.75, 3.05) is 0 Å². The number of hydrogen-bond acceptors (Lipinski definition) is 1. The van der Waals surface area contributed by atoms with Crippen LogP contribution in [0.25, 0.3) is 0 Å². The molecule has 0 aromatic carbocycles. The van der Waals surface area contributed by atoms with Crippen molar-refractivity contribution in [3.05, 3.63) is 0 Å². The molecule has 4 aliphatic rings. The standard InChI is InChI=1S/C14H23N/c15-11(6-8-2-1-3-8)14-12-9-4-5-10(7-9)13(12)14/h8-14H,1-7,15H2. The summed E-state index contributed by atoms with van der Waals surface area (Å²) < 4.78 is 0. The highest BCUT2D eigenvalue weighted by atomic mass is 14.8. The summed E-state index contributed by atoms with van der Waals surface area (Å²) in [5, 5.41) is 0. The normalized spacial score (nSPS) is 53.8. The van der Waals surface area contributed by atoms with Gasteiger partial charge in [-0.1, -0.05) is 19.3 Å². The maximum Gasteiger partial charge on any atom is 0.00755 e. The number of nitrogens with two attached hydrogens (primary N) is 1. The molecule has 1 heteroatoms. The van der Waals surface area contributed by atoms with E-state index in [1.54, 1.807) is 19.3 Å². The molecule has 0 spiro atoms. The Bertz CT molecular complexity index is 255. The van der Waals surface area contributed by atoms with Crippen molar-refractivity contribution >= 4 is 0 Å². The Morgan fingerprint density at radius 3 is 2.20 bits per heavy atom. The predicted octanol–water partition coefficient (Wildman–Crippen LogP) is 2.80. The van der Waals surface area contributed by atoms with Gasteiger partial charge in [-0.25, -0.2) is 0 Å². The molecule has 0 aromatic heterocycles. The lowest BCUT2D eigenvalue weighted by Gasteiger charge is -2.29. The zero-order valence-corrected chi connectivity index (χ0v) is 9.57. The zero-order chi connectivity index (χ0) is 9.99. The maximum absolute atomic E-state index is 6.43. The van der Waals surface area contributed by atoms with Crippen molar-refractivity contribution in [1.29, 1.82) is 0 Å². The van der Waals surface area contributed by atoms with Gasteiger partial charge in [0.05, 0.1) is 0 Å². The molecule has 4 rings (SSSR count). The third kappa shape index (κ3) is 1.19. The van der Waals surface area contributed by atoms with E-state index in [0.717, 1.165) is 35.5 Å². The Morgan fingerprint density at radius 2 is 1.67 bits per heavy atom. The lowest BCUT2D eigenvalue weighted by Crippen LogP contribution is -2.30. The molecule has 84 valence electrons. The fraction of sp³-hybridized carbons (Fsp3) is 1.00. The third-order valence-corrected chi connectivity index (χ3v) is 6.12. The van der Waals surface area contributed by atoms with Gasteiger partial charge in [0.15, 0.2) is 0 Å². The van der Waals surface area contributed by atoms with Crippen LogP contribution in [0.5, 0.6) is 0 Å². The van der Waals surface area contributed by atoms with E-state index in [9.17, 15) is 0 Å². The third-order valence-electron chi connectivity index (χ3n) is 6.12. The van der Waals surface area contributed by atoms with Crippen molar-refractivity contribution in [2.45, 2.75) is 51.0 Å². The van der Waals surface area contributed by atoms with Crippen molar-refractivity contribution in [3.63, 3.8) is 0 Å². The van der Waals surface area contributed by atoms with Gasteiger partial charge in [-0.2, -0.15) is 0 Å². The van der Waals surface area contributed by atoms with Gasteiger partial charge < -0.3 is 5.73 Å². The first kappa shape index (κ1) is 9.04. The molecule has 2 bridgehead atoms. The summed E-state index contributed by atoms with van der Waals surface area (Å²) in [7, 11) is 0. The second kappa shape index (κ2) is 3.00. The Hall–Kier alpha value is -0.0400. The second-order valence-corrected chi connectivity index (χ2v) is 6.76. The van der Waals surface area contributed by atoms with Gasteiger partial charge in [0.2, 0.25) is 0 Å². The van der Waals surface area contributed by atoms with Crippen molar-refractivity contribution in [1.82, 2.24) is 0 Å². The lowest BCUT2D eigenvalue weighted by atomic mass is 9.79. The SMILES string of the molecule is NC(CC1CCC1)C1C2C3CCC(C3)C12. The predicted molar refractivity (Wildman–Crippen MR) is 61.2 cm³/mol. The van der Waals surface area contributed by atoms with Crippen LogP contribution in [0.1, 0.15) is 44.9 Å². The molecule has 15 heavy (non-hydrogen) atoms. The first-order valence-electron chi connectivity index (χ1n) is 7.10. The van der Waals surface area contributed by atoms with E-state index in [-0.39, 0.29) is 0 Å². The van der Waals surface area contributed by atoms with Gasteiger partial charge >= 0.3 is 0 Å². The minimum Gasteiger partial charge on any atom is -0.327 e. The van der Waals surface area contributed by atoms with Crippen molar-refractivity contribution in [3.8, 4) is 0 Å². The van der Waals surface area contributed by atoms with Crippen LogP contribution in [-0.4, -0.2) is 6.04 Å². The van der Waals surface area contributed by atoms with Crippen LogP contribution in [-0.2, 0) is 0 Å². The van der Waals surface area contributed by atoms with Gasteiger partial charge in [-0.05, 0) is 61.2 Å². The molecule has 0 aromatic rings. The van der Waals surface area contributed by atoms with Gasteiger partial charge in [-0.3, -0.25) is 0 Å². The number of fused-ring (bicyclic) bond motifs is 5. The zero-order valence-electron chi connectivity index (χ0n) is 9.57. The Kier molecular flexibility index (Phi) is 1.81. The van der Waals surface area contributed by atoms with Crippen molar-refractivity contribution in [2.24, 2.45) is 41.2 Å². The van der Waals surface area contributed by atoms with Crippen LogP contribution in [0.15, 0.2) is 0 Å². The molecular weight excluding hydrogens is 182 g/mol. The van der Waals surface area contributed by atoms with E-state index >= 15 is 0 Å². The van der Waals surface area contributed by atoms with Crippen LogP contribution < -0.4 is 5.73 Å². The fourth-order valence-corrected chi connectivity index (χ4v) is 5.24. The van der Waals surface area contributed by atoms with Crippen LogP contribution in [0, 0.1) is 35.5 Å². The maximum atomic E-state index is 6.43. The van der Waals surface area contributed by atoms with Crippen LogP contribution in [0.2, 0.25) is 0 Å². The highest BCUT2D eigenvalue weighted by Gasteiger charge is 2.66. The van der Waals surface area contributed by atoms with Gasteiger partial charge in [0.1, 0.15) is 0 Å². The topological polar surface area (TPSA) is 26.0 Å². The largest absolute Gasteiger partial charge is 0.327 e. The van der Waals surface area contributed by atoms with E-state index in [1.165, 1.54) is 25.7 Å². The van der Waals surface area contributed by atoms with E-state index < -0.39 is 0 Å². The molecule has 1 nitrogen and oxygen atoms in total. The molecule has 0 aliphatic heterocycles. The summed E-state index contributed by atoms with van der Waals surface area (Å²) in [5.41, 5.74) is 6.43. The second-order valence-electron chi connectivity index (χ2n) is 6.76. The first-order valence-corrected chi connectivity index (χ1v) is 7.10. The first-order chi connectivity index (χ1) is 7.34. The molecule has 4 saturated carbocycles. The molecule has 0 heterocycles. The average Bonchev–Trinajstić information content (AvgIpc) is 2.62. The van der Waals surface area contributed by atoms with Crippen molar-refractivity contribution < 1.29 is 0 Å². The summed E-state index contributed by atoms with van der Waals surface area (Å²) >= 11 is 0. The number of rotatable bonds is 3. The highest BCUT2D eigenvalue weighted by molar-refractivity contribution is 5.15. The van der Waals surface area contributed by atoms with Gasteiger partial charge in [-0.15, -0.1) is 0 Å². The van der Waals surface area contributed by atoms with Gasteiger partial charge in [0.25, 0.3) is 0 Å². The molecular formula is C14H23N. The lowest BCUT2D eigenvalue weighted by molar-refractivity contribution is 0.254. The molecule has 0 radical (unpaired) electrons. The van der Waals surface area contributed by atoms with Crippen LogP contribution >= 0.6 is 0 Å². The van der Waals surface area contributed by atoms with E-state index in [1.807, 2.05) is 0 Å². The Labute approximate surface area is 92.8 Å². The molecule has 0 saturated heterocycles. The summed E-state index contributed by atoms with van der Waals surface area (Å²) in [6.45, 7) is 0. The van der Waals surface area contributed by atoms with E-state index in [2.05, 4.69) is 0 Å². The quantitative estimate of drug-likeness (QED) is 0.753. The Morgan fingerprint density at radius 1 is 1.00 bits per heavy atom. The van der Waals surface area contributed by atoms with E-state index in [4.69, 9.17) is 5.73 Å². The molecule has 4 fully saturated rings. The minimum atomic E-state index is 0.577. The van der Waals surface area contributed by atoms with Crippen LogP contribution in [0.4, 0.5) is 0 Å². The summed E-state index contributed by atoms with van der Waals surface area (Å²) in [4.78, 5) is 0.